The predicted octanol–water partition coefficient (Wildman–Crippen LogP) is 3.86. The van der Waals surface area contributed by atoms with E-state index in [1.807, 2.05) is 36.4 Å². The Balaban J connectivity index is 0.000000505. The molecule has 1 aliphatic rings. The second-order valence-corrected chi connectivity index (χ2v) is 10.0. The molecular formula is C30H33F3N2O3. The molecule has 2 atom stereocenters. The zero-order valence-corrected chi connectivity index (χ0v) is 21.4. The van der Waals surface area contributed by atoms with Gasteiger partial charge in [-0.25, -0.2) is 0 Å². The molecule has 3 aromatic rings. The fourth-order valence-electron chi connectivity index (χ4n) is 5.57. The predicted molar refractivity (Wildman–Crippen MR) is 138 cm³/mol. The second kappa shape index (κ2) is 12.3. The molecule has 1 saturated heterocycles. The number of carboxylic acid groups (broad SMARTS) is 1. The van der Waals surface area contributed by atoms with Crippen molar-refractivity contribution in [1.82, 2.24) is 0 Å². The van der Waals surface area contributed by atoms with Gasteiger partial charge in [0.15, 0.2) is 0 Å². The summed E-state index contributed by atoms with van der Waals surface area (Å²) in [5.74, 6) is -3.07. The Kier molecular flexibility index (Phi) is 9.33. The van der Waals surface area contributed by atoms with E-state index in [9.17, 15) is 18.0 Å². The number of benzene rings is 3. The van der Waals surface area contributed by atoms with Gasteiger partial charge in [0.1, 0.15) is 11.4 Å². The number of alkyl halides is 3. The van der Waals surface area contributed by atoms with Crippen LogP contribution >= 0.6 is 0 Å². The number of aryl methyl sites for hydroxylation is 1. The van der Waals surface area contributed by atoms with Gasteiger partial charge in [-0.2, -0.15) is 13.2 Å². The maximum absolute atomic E-state index is 13.2. The van der Waals surface area contributed by atoms with Crippen molar-refractivity contribution in [3.63, 3.8) is 0 Å². The van der Waals surface area contributed by atoms with Crippen LogP contribution in [0.15, 0.2) is 91.0 Å². The molecule has 0 spiro atoms. The van der Waals surface area contributed by atoms with E-state index < -0.39 is 17.6 Å². The van der Waals surface area contributed by atoms with Crippen LogP contribution < -0.4 is 10.8 Å². The molecule has 8 heteroatoms. The molecule has 1 fully saturated rings. The van der Waals surface area contributed by atoms with Crippen molar-refractivity contribution >= 4 is 11.9 Å². The normalized spacial score (nSPS) is 19.3. The number of halogens is 3. The number of carbonyl (C=O) groups is 2. The summed E-state index contributed by atoms with van der Waals surface area (Å²) in [5.41, 5.74) is 8.86. The van der Waals surface area contributed by atoms with Crippen LogP contribution in [0.3, 0.4) is 0 Å². The summed E-state index contributed by atoms with van der Waals surface area (Å²) >= 11 is 0. The fraction of sp³-hybridized carbons (Fsp3) is 0.333. The SMILES string of the molecule is C[N+]1(CCCc2ccccc2)CCC(C(C(N)=O)(c2ccccc2)c2ccccc2)C1.O=C([O-])C(F)(F)F. The van der Waals surface area contributed by atoms with E-state index in [-0.39, 0.29) is 11.8 Å². The topological polar surface area (TPSA) is 83.2 Å². The number of aliphatic carboxylic acids is 1. The summed E-state index contributed by atoms with van der Waals surface area (Å²) in [6, 6.07) is 31.0. The molecule has 1 amide bonds. The van der Waals surface area contributed by atoms with Crippen LogP contribution in [-0.4, -0.2) is 49.2 Å². The molecule has 1 heterocycles. The summed E-state index contributed by atoms with van der Waals surface area (Å²) in [6.07, 6.45) is -1.96. The minimum atomic E-state index is -5.19. The van der Waals surface area contributed by atoms with E-state index >= 15 is 0 Å². The van der Waals surface area contributed by atoms with E-state index in [1.165, 1.54) is 5.56 Å². The number of quaternary nitrogens is 1. The summed E-state index contributed by atoms with van der Waals surface area (Å²) in [7, 11) is 2.34. The largest absolute Gasteiger partial charge is 0.542 e. The number of primary amides is 1. The number of nitrogens with zero attached hydrogens (tertiary/aromatic N) is 1. The van der Waals surface area contributed by atoms with Gasteiger partial charge in [0.2, 0.25) is 5.91 Å². The summed E-state index contributed by atoms with van der Waals surface area (Å²) in [4.78, 5) is 22.0. The molecule has 0 aromatic heterocycles. The van der Waals surface area contributed by atoms with Gasteiger partial charge in [-0.3, -0.25) is 4.79 Å². The first-order valence-electron chi connectivity index (χ1n) is 12.6. The van der Waals surface area contributed by atoms with Gasteiger partial charge in [-0.15, -0.1) is 0 Å². The number of carboxylic acids is 1. The Hall–Kier alpha value is -3.65. The van der Waals surface area contributed by atoms with Crippen molar-refractivity contribution in [1.29, 1.82) is 0 Å². The molecule has 0 aliphatic carbocycles. The smallest absolute Gasteiger partial charge is 0.430 e. The Morgan fingerprint density at radius 2 is 1.34 bits per heavy atom. The first-order chi connectivity index (χ1) is 18.0. The van der Waals surface area contributed by atoms with Crippen molar-refractivity contribution in [3.05, 3.63) is 108 Å². The number of amides is 1. The highest BCUT2D eigenvalue weighted by Crippen LogP contribution is 2.45. The van der Waals surface area contributed by atoms with Gasteiger partial charge >= 0.3 is 6.18 Å². The van der Waals surface area contributed by atoms with Gasteiger partial charge in [-0.05, 0) is 23.1 Å². The lowest BCUT2D eigenvalue weighted by Crippen LogP contribution is -2.51. The first kappa shape index (κ1) is 28.9. The maximum atomic E-state index is 13.2. The molecule has 4 rings (SSSR count). The third-order valence-corrected chi connectivity index (χ3v) is 7.38. The number of nitrogens with two attached hydrogens (primary N) is 1. The standard InChI is InChI=1S/C28H32N2O.C2HF3O2/c1-30(20-11-14-23-12-5-2-6-13-23)21-19-26(22-30)28(27(29)31,24-15-7-3-8-16-24)25-17-9-4-10-18-25;3-2(4,5)1(6)7/h2-10,12-13,15-18,26H,11,14,19-22H2,1H3,(H-,29,31);(H,6,7). The molecule has 38 heavy (non-hydrogen) atoms. The average Bonchev–Trinajstić information content (AvgIpc) is 3.28. The Labute approximate surface area is 221 Å². The van der Waals surface area contributed by atoms with Gasteiger partial charge < -0.3 is 20.1 Å². The van der Waals surface area contributed by atoms with Crippen molar-refractivity contribution in [3.8, 4) is 0 Å². The van der Waals surface area contributed by atoms with Crippen LogP contribution in [0, 0.1) is 5.92 Å². The lowest BCUT2D eigenvalue weighted by Gasteiger charge is -2.38. The third-order valence-electron chi connectivity index (χ3n) is 7.38. The van der Waals surface area contributed by atoms with Crippen molar-refractivity contribution in [2.75, 3.05) is 26.7 Å². The van der Waals surface area contributed by atoms with E-state index in [2.05, 4.69) is 61.6 Å². The van der Waals surface area contributed by atoms with Crippen LogP contribution in [-0.2, 0) is 21.4 Å². The van der Waals surface area contributed by atoms with Crippen molar-refractivity contribution in [2.45, 2.75) is 30.9 Å². The number of likely N-dealkylation sites (tertiary alicyclic amines) is 1. The van der Waals surface area contributed by atoms with Crippen molar-refractivity contribution < 1.29 is 32.3 Å². The Bertz CT molecular complexity index is 1150. The Morgan fingerprint density at radius 1 is 0.895 bits per heavy atom. The lowest BCUT2D eigenvalue weighted by molar-refractivity contribution is -0.899. The zero-order valence-electron chi connectivity index (χ0n) is 21.4. The van der Waals surface area contributed by atoms with E-state index in [0.717, 1.165) is 54.5 Å². The van der Waals surface area contributed by atoms with E-state index in [0.29, 0.717) is 0 Å². The fourth-order valence-corrected chi connectivity index (χ4v) is 5.57. The molecule has 1 aliphatic heterocycles. The minimum Gasteiger partial charge on any atom is -0.542 e. The first-order valence-corrected chi connectivity index (χ1v) is 12.6. The molecule has 0 saturated carbocycles. The highest BCUT2D eigenvalue weighted by atomic mass is 19.4. The van der Waals surface area contributed by atoms with Crippen LogP contribution in [0.4, 0.5) is 13.2 Å². The summed E-state index contributed by atoms with van der Waals surface area (Å²) in [6.45, 7) is 3.15. The molecule has 3 aromatic carbocycles. The lowest BCUT2D eigenvalue weighted by atomic mass is 9.64. The molecule has 0 bridgehead atoms. The number of carbonyl (C=O) groups excluding carboxylic acids is 2. The zero-order chi connectivity index (χ0) is 27.8. The molecule has 2 N–H and O–H groups in total. The van der Waals surface area contributed by atoms with Crippen LogP contribution in [0.1, 0.15) is 29.5 Å². The average molecular weight is 527 g/mol. The van der Waals surface area contributed by atoms with E-state index in [4.69, 9.17) is 15.6 Å². The molecule has 0 radical (unpaired) electrons. The van der Waals surface area contributed by atoms with Crippen LogP contribution in [0.25, 0.3) is 0 Å². The van der Waals surface area contributed by atoms with Gasteiger partial charge in [0.25, 0.3) is 0 Å². The number of hydrogen-bond donors (Lipinski definition) is 1. The Morgan fingerprint density at radius 3 is 1.76 bits per heavy atom. The van der Waals surface area contributed by atoms with Gasteiger partial charge in [0.05, 0.1) is 26.7 Å². The molecule has 2 unspecified atom stereocenters. The highest BCUT2D eigenvalue weighted by Gasteiger charge is 2.53. The van der Waals surface area contributed by atoms with Crippen LogP contribution in [0.2, 0.25) is 0 Å². The highest BCUT2D eigenvalue weighted by molar-refractivity contribution is 5.91. The quantitative estimate of drug-likeness (QED) is 0.453. The van der Waals surface area contributed by atoms with Gasteiger partial charge in [-0.1, -0.05) is 91.0 Å². The van der Waals surface area contributed by atoms with Crippen LogP contribution in [0.5, 0.6) is 0 Å². The molecular weight excluding hydrogens is 493 g/mol. The summed E-state index contributed by atoms with van der Waals surface area (Å²) < 4.78 is 32.5. The monoisotopic (exact) mass is 526 g/mol. The molecule has 5 nitrogen and oxygen atoms in total. The maximum Gasteiger partial charge on any atom is 0.430 e. The summed E-state index contributed by atoms with van der Waals surface area (Å²) in [5, 5.41) is 8.78. The third kappa shape index (κ3) is 6.81. The minimum absolute atomic E-state index is 0.177. The van der Waals surface area contributed by atoms with Crippen molar-refractivity contribution in [2.24, 2.45) is 11.7 Å². The number of hydrogen-bond acceptors (Lipinski definition) is 3. The van der Waals surface area contributed by atoms with Gasteiger partial charge in [0, 0.05) is 18.8 Å². The number of rotatable bonds is 8. The second-order valence-electron chi connectivity index (χ2n) is 10.0. The van der Waals surface area contributed by atoms with E-state index in [1.54, 1.807) is 0 Å². The molecule has 202 valence electrons.